The van der Waals surface area contributed by atoms with E-state index < -0.39 is 24.0 Å². The first-order valence-electron chi connectivity index (χ1n) is 9.72. The highest BCUT2D eigenvalue weighted by Gasteiger charge is 2.58. The van der Waals surface area contributed by atoms with Crippen LogP contribution in [0.5, 0.6) is 6.01 Å². The third kappa shape index (κ3) is 3.68. The van der Waals surface area contributed by atoms with Crippen LogP contribution in [0.2, 0.25) is 5.02 Å². The molecule has 0 aliphatic carbocycles. The molecule has 32 heavy (non-hydrogen) atoms. The number of H-pyrrole nitrogens is 1. The molecule has 2 fully saturated rings. The Balaban J connectivity index is 1.29. The van der Waals surface area contributed by atoms with Gasteiger partial charge in [-0.25, -0.2) is 9.78 Å². The number of hydrogen-bond acceptors (Lipinski definition) is 11. The van der Waals surface area contributed by atoms with Crippen LogP contribution in [0.3, 0.4) is 0 Å². The minimum atomic E-state index is -1.29. The number of thiophene rings is 1. The monoisotopic (exact) mass is 481 g/mol. The number of aromatic amines is 1. The highest BCUT2D eigenvalue weighted by molar-refractivity contribution is 7.10. The standard InChI is InChI=1S/C19H20ClN5O6S/c1-28-17(27)8-2-9(32-7-8)4-22-15-10(20)3-11-16(24-15)25-18(23-11)31-12-5-30-19(21)13(26)6-29-14(12)19/h2-3,7,12-14,26H,4-6,21H2,1H3,(H2,22,23,24,25)/t12-,13-,14-,19-/m1/s1. The molecule has 0 amide bonds. The van der Waals surface area contributed by atoms with E-state index in [1.165, 1.54) is 18.4 Å². The lowest BCUT2D eigenvalue weighted by molar-refractivity contribution is -0.0715. The maximum Gasteiger partial charge on any atom is 0.338 e. The molecule has 0 saturated carbocycles. The molecule has 5 N–H and O–H groups in total. The van der Waals surface area contributed by atoms with Crippen molar-refractivity contribution in [3.8, 4) is 6.01 Å². The Kier molecular flexibility index (Phi) is 5.43. The summed E-state index contributed by atoms with van der Waals surface area (Å²) in [5.74, 6) is 0.0591. The summed E-state index contributed by atoms with van der Waals surface area (Å²) in [7, 11) is 1.34. The Morgan fingerprint density at radius 2 is 2.31 bits per heavy atom. The van der Waals surface area contributed by atoms with E-state index in [1.54, 1.807) is 17.5 Å². The highest BCUT2D eigenvalue weighted by Crippen LogP contribution is 2.35. The van der Waals surface area contributed by atoms with Crippen LogP contribution in [0, 0.1) is 0 Å². The van der Waals surface area contributed by atoms with Gasteiger partial charge in [-0.2, -0.15) is 4.98 Å². The van der Waals surface area contributed by atoms with Gasteiger partial charge >= 0.3 is 5.97 Å². The van der Waals surface area contributed by atoms with Crippen molar-refractivity contribution in [2.24, 2.45) is 5.73 Å². The smallest absolute Gasteiger partial charge is 0.338 e. The molecule has 0 spiro atoms. The van der Waals surface area contributed by atoms with Crippen LogP contribution >= 0.6 is 22.9 Å². The lowest BCUT2D eigenvalue weighted by Crippen LogP contribution is -2.55. The number of aliphatic hydroxyl groups excluding tert-OH is 1. The Hall–Kier alpha value is -2.48. The molecule has 2 saturated heterocycles. The maximum atomic E-state index is 11.6. The molecule has 11 nitrogen and oxygen atoms in total. The number of halogens is 1. The zero-order valence-electron chi connectivity index (χ0n) is 16.8. The summed E-state index contributed by atoms with van der Waals surface area (Å²) in [4.78, 5) is 24.4. The summed E-state index contributed by atoms with van der Waals surface area (Å²) in [6.07, 6.45) is -2.06. The second-order valence-electron chi connectivity index (χ2n) is 7.47. The van der Waals surface area contributed by atoms with Crippen LogP contribution in [0.1, 0.15) is 15.2 Å². The van der Waals surface area contributed by atoms with E-state index in [0.717, 1.165) is 4.88 Å². The van der Waals surface area contributed by atoms with Gasteiger partial charge in [0, 0.05) is 10.3 Å². The zero-order chi connectivity index (χ0) is 22.5. The van der Waals surface area contributed by atoms with Gasteiger partial charge in [0.2, 0.25) is 0 Å². The van der Waals surface area contributed by atoms with E-state index in [9.17, 15) is 9.90 Å². The number of carbonyl (C=O) groups is 1. The normalized spacial score (nSPS) is 26.9. The van der Waals surface area contributed by atoms with E-state index in [4.69, 9.17) is 36.3 Å². The minimum Gasteiger partial charge on any atom is -0.465 e. The molecule has 0 radical (unpaired) electrons. The van der Waals surface area contributed by atoms with E-state index in [2.05, 4.69) is 20.3 Å². The summed E-state index contributed by atoms with van der Waals surface area (Å²) in [5, 5.41) is 15.3. The summed E-state index contributed by atoms with van der Waals surface area (Å²) < 4.78 is 21.7. The van der Waals surface area contributed by atoms with E-state index >= 15 is 0 Å². The fourth-order valence-corrected chi connectivity index (χ4v) is 4.73. The number of carbonyl (C=O) groups excluding carboxylic acids is 1. The molecule has 0 bridgehead atoms. The number of methoxy groups -OCH3 is 1. The number of imidazole rings is 1. The number of nitrogens with two attached hydrogens (primary N) is 1. The largest absolute Gasteiger partial charge is 0.465 e. The average molecular weight is 482 g/mol. The van der Waals surface area contributed by atoms with Crippen LogP contribution in [0.4, 0.5) is 5.82 Å². The van der Waals surface area contributed by atoms with Crippen LogP contribution < -0.4 is 15.8 Å². The predicted molar refractivity (Wildman–Crippen MR) is 115 cm³/mol. The van der Waals surface area contributed by atoms with Crippen molar-refractivity contribution in [3.05, 3.63) is 33.0 Å². The molecule has 2 aliphatic heterocycles. The number of rotatable bonds is 6. The number of nitrogens with one attached hydrogen (secondary N) is 2. The van der Waals surface area contributed by atoms with Crippen molar-refractivity contribution in [2.75, 3.05) is 25.6 Å². The van der Waals surface area contributed by atoms with Crippen molar-refractivity contribution in [3.63, 3.8) is 0 Å². The van der Waals surface area contributed by atoms with Crippen molar-refractivity contribution in [1.29, 1.82) is 0 Å². The van der Waals surface area contributed by atoms with Gasteiger partial charge < -0.3 is 34.4 Å². The molecule has 170 valence electrons. The lowest BCUT2D eigenvalue weighted by Gasteiger charge is -2.24. The molecule has 13 heteroatoms. The fourth-order valence-electron chi connectivity index (χ4n) is 3.72. The van der Waals surface area contributed by atoms with E-state index in [1.807, 2.05) is 0 Å². The van der Waals surface area contributed by atoms with Crippen molar-refractivity contribution < 1.29 is 28.8 Å². The number of anilines is 1. The van der Waals surface area contributed by atoms with Crippen molar-refractivity contribution in [1.82, 2.24) is 15.0 Å². The summed E-state index contributed by atoms with van der Waals surface area (Å²) in [5.41, 5.74) is 6.30. The fraction of sp³-hybridized carbons (Fsp3) is 0.421. The molecular weight excluding hydrogens is 462 g/mol. The molecule has 5 rings (SSSR count). The molecule has 5 heterocycles. The second-order valence-corrected chi connectivity index (χ2v) is 8.87. The molecular formula is C19H20ClN5O6S. The number of nitrogens with zero attached hydrogens (tertiary/aromatic N) is 2. The molecule has 2 aliphatic rings. The third-order valence-electron chi connectivity index (χ3n) is 5.41. The lowest BCUT2D eigenvalue weighted by atomic mass is 10.0. The van der Waals surface area contributed by atoms with E-state index in [0.29, 0.717) is 34.1 Å². The van der Waals surface area contributed by atoms with Crippen molar-refractivity contribution >= 4 is 45.9 Å². The number of aliphatic hydroxyl groups is 1. The number of aromatic nitrogens is 3. The molecule has 4 atom stereocenters. The second kappa shape index (κ2) is 8.14. The highest BCUT2D eigenvalue weighted by atomic mass is 35.5. The molecule has 3 aromatic heterocycles. The van der Waals surface area contributed by atoms with Gasteiger partial charge in [-0.3, -0.25) is 5.73 Å². The van der Waals surface area contributed by atoms with Gasteiger partial charge in [0.05, 0.1) is 43.0 Å². The van der Waals surface area contributed by atoms with Crippen LogP contribution in [-0.4, -0.2) is 70.4 Å². The minimum absolute atomic E-state index is 0.0821. The SMILES string of the molecule is COC(=O)c1csc(CNc2nc3nc(O[C@@H]4CO[C@]5(N)[C@H](O)CO[C@H]45)[nH]c3cc2Cl)c1. The van der Waals surface area contributed by atoms with Crippen molar-refractivity contribution in [2.45, 2.75) is 30.6 Å². The molecule has 0 aromatic carbocycles. The Morgan fingerprint density at radius 1 is 1.47 bits per heavy atom. The zero-order valence-corrected chi connectivity index (χ0v) is 18.4. The van der Waals surface area contributed by atoms with Crippen LogP contribution in [0.25, 0.3) is 11.2 Å². The number of fused-ring (bicyclic) bond motifs is 2. The third-order valence-corrected chi connectivity index (χ3v) is 6.63. The van der Waals surface area contributed by atoms with Gasteiger partial charge in [0.1, 0.15) is 18.0 Å². The van der Waals surface area contributed by atoms with Crippen LogP contribution in [-0.2, 0) is 20.8 Å². The average Bonchev–Trinajstić information content (AvgIpc) is 3.52. The first-order valence-corrected chi connectivity index (χ1v) is 11.0. The van der Waals surface area contributed by atoms with Gasteiger partial charge in [0.15, 0.2) is 17.5 Å². The predicted octanol–water partition coefficient (Wildman–Crippen LogP) is 1.26. The summed E-state index contributed by atoms with van der Waals surface area (Å²) in [6, 6.07) is 3.65. The topological polar surface area (TPSA) is 154 Å². The first-order chi connectivity index (χ1) is 15.4. The number of hydrogen-bond donors (Lipinski definition) is 4. The van der Waals surface area contributed by atoms with Gasteiger partial charge in [-0.1, -0.05) is 11.6 Å². The first kappa shape index (κ1) is 21.4. The number of esters is 1. The van der Waals surface area contributed by atoms with Gasteiger partial charge in [-0.05, 0) is 12.1 Å². The van der Waals surface area contributed by atoms with Gasteiger partial charge in [0.25, 0.3) is 6.01 Å². The summed E-state index contributed by atoms with van der Waals surface area (Å²) >= 11 is 7.79. The Morgan fingerprint density at radius 3 is 3.12 bits per heavy atom. The summed E-state index contributed by atoms with van der Waals surface area (Å²) in [6.45, 7) is 0.663. The number of pyridine rings is 1. The molecule has 0 unspecified atom stereocenters. The quantitative estimate of drug-likeness (QED) is 0.378. The number of ether oxygens (including phenoxy) is 4. The van der Waals surface area contributed by atoms with Crippen LogP contribution in [0.15, 0.2) is 17.5 Å². The Labute approximate surface area is 190 Å². The maximum absolute atomic E-state index is 11.6. The Bertz CT molecular complexity index is 1170. The van der Waals surface area contributed by atoms with Gasteiger partial charge in [-0.15, -0.1) is 11.3 Å². The van der Waals surface area contributed by atoms with E-state index in [-0.39, 0.29) is 25.2 Å². The molecule has 3 aromatic rings.